The molecule has 28 heavy (non-hydrogen) atoms. The van der Waals surface area contributed by atoms with Crippen LogP contribution in [0.15, 0.2) is 0 Å². The Kier molecular flexibility index (Phi) is 6.66. The fraction of sp³-hybridized carbons (Fsp3) is 0.789. The van der Waals surface area contributed by atoms with Crippen LogP contribution in [0.2, 0.25) is 0 Å². The zero-order valence-electron chi connectivity index (χ0n) is 17.6. The summed E-state index contributed by atoms with van der Waals surface area (Å²) < 4.78 is 0. The first-order valence-electron chi connectivity index (χ1n) is 10.3. The minimum atomic E-state index is 0.0592. The van der Waals surface area contributed by atoms with E-state index in [0.717, 1.165) is 45.6 Å². The van der Waals surface area contributed by atoms with Gasteiger partial charge in [-0.1, -0.05) is 0 Å². The molecule has 1 aromatic heterocycles. The first-order valence-corrected chi connectivity index (χ1v) is 10.3. The number of anilines is 2. The predicted octanol–water partition coefficient (Wildman–Crippen LogP) is 0.599. The number of hydrogen-bond acceptors (Lipinski definition) is 8. The Labute approximate surface area is 167 Å². The molecule has 2 fully saturated rings. The number of hydrogen-bond donors (Lipinski definition) is 1. The van der Waals surface area contributed by atoms with Gasteiger partial charge in [-0.2, -0.15) is 15.0 Å². The van der Waals surface area contributed by atoms with E-state index in [4.69, 9.17) is 5.73 Å². The first-order chi connectivity index (χ1) is 13.3. The Bertz CT molecular complexity index is 674. The van der Waals surface area contributed by atoms with Crippen LogP contribution in [0.5, 0.6) is 0 Å². The number of likely N-dealkylation sites (tertiary alicyclic amines) is 1. The van der Waals surface area contributed by atoms with E-state index in [-0.39, 0.29) is 17.9 Å². The average Bonchev–Trinajstić information content (AvgIpc) is 2.67. The second kappa shape index (κ2) is 9.00. The molecule has 3 heterocycles. The maximum absolute atomic E-state index is 12.7. The number of piperidine rings is 1. The summed E-state index contributed by atoms with van der Waals surface area (Å²) in [6.07, 6.45) is 3.49. The molecule has 0 aliphatic carbocycles. The van der Waals surface area contributed by atoms with Gasteiger partial charge in [-0.15, -0.1) is 0 Å². The lowest BCUT2D eigenvalue weighted by Gasteiger charge is -2.39. The normalized spacial score (nSPS) is 22.9. The van der Waals surface area contributed by atoms with E-state index in [1.165, 1.54) is 6.42 Å². The lowest BCUT2D eigenvalue weighted by atomic mass is 10.0. The van der Waals surface area contributed by atoms with Crippen molar-refractivity contribution in [2.24, 2.45) is 0 Å². The number of nitrogens with two attached hydrogens (primary N) is 1. The zero-order chi connectivity index (χ0) is 20.3. The number of carbonyl (C=O) groups is 1. The van der Waals surface area contributed by atoms with Gasteiger partial charge < -0.3 is 15.5 Å². The van der Waals surface area contributed by atoms with Crippen molar-refractivity contribution in [2.45, 2.75) is 45.2 Å². The van der Waals surface area contributed by atoms with Crippen LogP contribution in [0.3, 0.4) is 0 Å². The van der Waals surface area contributed by atoms with E-state index in [1.807, 2.05) is 19.0 Å². The summed E-state index contributed by atoms with van der Waals surface area (Å²) in [6.45, 7) is 9.21. The molecule has 0 aromatic carbocycles. The van der Waals surface area contributed by atoms with Crippen LogP contribution < -0.4 is 10.6 Å². The molecule has 9 nitrogen and oxygen atoms in total. The predicted molar refractivity (Wildman–Crippen MR) is 110 cm³/mol. The van der Waals surface area contributed by atoms with Gasteiger partial charge in [0, 0.05) is 52.9 Å². The average molecular weight is 391 g/mol. The fourth-order valence-corrected chi connectivity index (χ4v) is 4.01. The van der Waals surface area contributed by atoms with E-state index < -0.39 is 0 Å². The summed E-state index contributed by atoms with van der Waals surface area (Å²) in [5, 5.41) is 0. The van der Waals surface area contributed by atoms with Crippen molar-refractivity contribution in [1.82, 2.24) is 29.7 Å². The molecule has 3 rings (SSSR count). The highest BCUT2D eigenvalue weighted by molar-refractivity contribution is 5.78. The van der Waals surface area contributed by atoms with Crippen LogP contribution in [-0.2, 0) is 4.79 Å². The number of rotatable bonds is 5. The standard InChI is InChI=1S/C19H34N8O/c1-14-7-5-6-8-27(14)16(28)13-25-9-11-26(12-10-25)15(2)17-21-18(20)23-19(22-17)24(3)4/h14-15H,5-13H2,1-4H3,(H2,20,21,22,23)/t14-,15+/m0/s1. The quantitative estimate of drug-likeness (QED) is 0.781. The number of aromatic nitrogens is 3. The lowest BCUT2D eigenvalue weighted by Crippen LogP contribution is -2.52. The van der Waals surface area contributed by atoms with Gasteiger partial charge >= 0.3 is 0 Å². The van der Waals surface area contributed by atoms with Crippen molar-refractivity contribution in [2.75, 3.05) is 64.0 Å². The third-order valence-electron chi connectivity index (χ3n) is 5.87. The molecule has 9 heteroatoms. The second-order valence-corrected chi connectivity index (χ2v) is 8.17. The highest BCUT2D eigenvalue weighted by atomic mass is 16.2. The molecule has 0 saturated carbocycles. The molecule has 0 radical (unpaired) electrons. The molecular weight excluding hydrogens is 356 g/mol. The molecular formula is C19H34N8O. The van der Waals surface area contributed by atoms with E-state index >= 15 is 0 Å². The van der Waals surface area contributed by atoms with Gasteiger partial charge in [0.1, 0.15) is 0 Å². The molecule has 156 valence electrons. The van der Waals surface area contributed by atoms with Gasteiger partial charge in [0.05, 0.1) is 12.6 Å². The number of nitrogen functional groups attached to an aromatic ring is 1. The summed E-state index contributed by atoms with van der Waals surface area (Å²) in [4.78, 5) is 34.2. The third-order valence-corrected chi connectivity index (χ3v) is 5.87. The molecule has 1 aromatic rings. The van der Waals surface area contributed by atoms with Crippen molar-refractivity contribution in [3.63, 3.8) is 0 Å². The van der Waals surface area contributed by atoms with Crippen LogP contribution in [0.4, 0.5) is 11.9 Å². The van der Waals surface area contributed by atoms with E-state index in [0.29, 0.717) is 24.4 Å². The van der Waals surface area contributed by atoms with Crippen molar-refractivity contribution < 1.29 is 4.79 Å². The minimum absolute atomic E-state index is 0.0592. The van der Waals surface area contributed by atoms with Gasteiger partial charge in [0.2, 0.25) is 17.8 Å². The van der Waals surface area contributed by atoms with Crippen molar-refractivity contribution in [1.29, 1.82) is 0 Å². The number of nitrogens with zero attached hydrogens (tertiary/aromatic N) is 7. The summed E-state index contributed by atoms with van der Waals surface area (Å²) in [7, 11) is 3.78. The molecule has 2 aliphatic rings. The lowest BCUT2D eigenvalue weighted by molar-refractivity contribution is -0.136. The molecule has 0 bridgehead atoms. The van der Waals surface area contributed by atoms with Gasteiger partial charge in [-0.3, -0.25) is 14.6 Å². The molecule has 1 amide bonds. The Morgan fingerprint density at radius 1 is 1.14 bits per heavy atom. The molecule has 2 N–H and O–H groups in total. The smallest absolute Gasteiger partial charge is 0.236 e. The van der Waals surface area contributed by atoms with E-state index in [1.54, 1.807) is 0 Å². The molecule has 2 saturated heterocycles. The number of amides is 1. The minimum Gasteiger partial charge on any atom is -0.368 e. The van der Waals surface area contributed by atoms with Crippen LogP contribution in [-0.4, -0.2) is 95.0 Å². The summed E-state index contributed by atoms with van der Waals surface area (Å²) in [5.74, 6) is 1.80. The Balaban J connectivity index is 1.54. The Morgan fingerprint density at radius 2 is 1.86 bits per heavy atom. The molecule has 2 aliphatic heterocycles. The summed E-state index contributed by atoms with van der Waals surface area (Å²) in [6, 6.07) is 0.437. The van der Waals surface area contributed by atoms with Crippen LogP contribution in [0, 0.1) is 0 Å². The third kappa shape index (κ3) is 4.88. The maximum atomic E-state index is 12.7. The topological polar surface area (TPSA) is 94.7 Å². The monoisotopic (exact) mass is 390 g/mol. The van der Waals surface area contributed by atoms with Crippen molar-refractivity contribution in [3.8, 4) is 0 Å². The Hall–Kier alpha value is -2.00. The van der Waals surface area contributed by atoms with Crippen LogP contribution >= 0.6 is 0 Å². The van der Waals surface area contributed by atoms with Crippen molar-refractivity contribution >= 4 is 17.8 Å². The van der Waals surface area contributed by atoms with Gasteiger partial charge in [-0.05, 0) is 33.1 Å². The molecule has 0 spiro atoms. The number of carbonyl (C=O) groups excluding carboxylic acids is 1. The summed E-state index contributed by atoms with van der Waals surface area (Å²) in [5.41, 5.74) is 5.87. The van der Waals surface area contributed by atoms with E-state index in [9.17, 15) is 4.79 Å². The highest BCUT2D eigenvalue weighted by Gasteiger charge is 2.28. The largest absolute Gasteiger partial charge is 0.368 e. The molecule has 2 atom stereocenters. The van der Waals surface area contributed by atoms with Gasteiger partial charge in [0.25, 0.3) is 0 Å². The van der Waals surface area contributed by atoms with Gasteiger partial charge in [0.15, 0.2) is 5.82 Å². The molecule has 0 unspecified atom stereocenters. The van der Waals surface area contributed by atoms with Crippen LogP contribution in [0.25, 0.3) is 0 Å². The second-order valence-electron chi connectivity index (χ2n) is 8.17. The maximum Gasteiger partial charge on any atom is 0.236 e. The SMILES string of the molecule is C[C@H](c1nc(N)nc(N(C)C)n1)N1CCN(CC(=O)N2CCCC[C@@H]2C)CC1. The van der Waals surface area contributed by atoms with Crippen molar-refractivity contribution in [3.05, 3.63) is 5.82 Å². The fourth-order valence-electron chi connectivity index (χ4n) is 4.01. The summed E-state index contributed by atoms with van der Waals surface area (Å²) >= 11 is 0. The van der Waals surface area contributed by atoms with Crippen LogP contribution in [0.1, 0.15) is 45.0 Å². The zero-order valence-corrected chi connectivity index (χ0v) is 17.6. The van der Waals surface area contributed by atoms with E-state index in [2.05, 4.69) is 43.5 Å². The van der Waals surface area contributed by atoms with Gasteiger partial charge in [-0.25, -0.2) is 0 Å². The number of piperazine rings is 1. The first kappa shape index (κ1) is 20.7. The highest BCUT2D eigenvalue weighted by Crippen LogP contribution is 2.21. The Morgan fingerprint density at radius 3 is 2.50 bits per heavy atom.